The van der Waals surface area contributed by atoms with E-state index >= 15 is 0 Å². The van der Waals surface area contributed by atoms with E-state index < -0.39 is 0 Å². The molecule has 1 atom stereocenters. The van der Waals surface area contributed by atoms with Crippen molar-refractivity contribution in [1.82, 2.24) is 10.6 Å². The van der Waals surface area contributed by atoms with Gasteiger partial charge in [0.2, 0.25) is 0 Å². The summed E-state index contributed by atoms with van der Waals surface area (Å²) in [5, 5.41) is 14.2. The number of fused-ring (bicyclic) bond motifs is 1. The van der Waals surface area contributed by atoms with E-state index in [1.54, 1.807) is 6.07 Å². The van der Waals surface area contributed by atoms with Crippen molar-refractivity contribution in [2.45, 2.75) is 31.7 Å². The molecule has 1 aromatic rings. The Labute approximate surface area is 129 Å². The molecule has 3 N–H and O–H groups in total. The van der Waals surface area contributed by atoms with Crippen LogP contribution in [0.5, 0.6) is 0 Å². The highest BCUT2D eigenvalue weighted by atomic mass is 19.1. The number of benzene rings is 1. The minimum Gasteiger partial charge on any atom is -0.394 e. The van der Waals surface area contributed by atoms with E-state index in [-0.39, 0.29) is 24.5 Å². The van der Waals surface area contributed by atoms with Gasteiger partial charge in [-0.3, -0.25) is 0 Å². The van der Waals surface area contributed by atoms with Crippen LogP contribution in [0.3, 0.4) is 0 Å². The van der Waals surface area contributed by atoms with E-state index in [2.05, 4.69) is 10.6 Å². The molecule has 0 heterocycles. The van der Waals surface area contributed by atoms with Crippen LogP contribution in [0.2, 0.25) is 0 Å². The first-order chi connectivity index (χ1) is 10.7. The fourth-order valence-corrected chi connectivity index (χ4v) is 2.67. The second kappa shape index (κ2) is 8.70. The molecule has 0 saturated carbocycles. The van der Waals surface area contributed by atoms with Gasteiger partial charge in [-0.25, -0.2) is 9.18 Å². The number of hydrogen-bond donors (Lipinski definition) is 3. The summed E-state index contributed by atoms with van der Waals surface area (Å²) in [4.78, 5) is 11.9. The number of halogens is 1. The third-order valence-corrected chi connectivity index (χ3v) is 3.71. The zero-order chi connectivity index (χ0) is 15.8. The van der Waals surface area contributed by atoms with Crippen LogP contribution in [0.25, 0.3) is 0 Å². The van der Waals surface area contributed by atoms with Gasteiger partial charge in [-0.15, -0.1) is 0 Å². The summed E-state index contributed by atoms with van der Waals surface area (Å²) in [6.45, 7) is 1.32. The molecule has 0 aliphatic heterocycles. The second-order valence-corrected chi connectivity index (χ2v) is 5.38. The number of carbonyl (C=O) groups excluding carboxylic acids is 1. The number of aliphatic hydroxyl groups is 1. The average Bonchev–Trinajstić information content (AvgIpc) is 2.51. The minimum absolute atomic E-state index is 0.00552. The molecule has 0 spiro atoms. The summed E-state index contributed by atoms with van der Waals surface area (Å²) >= 11 is 0. The first kappa shape index (κ1) is 16.7. The predicted octanol–water partition coefficient (Wildman–Crippen LogP) is 1.90. The highest BCUT2D eigenvalue weighted by molar-refractivity contribution is 5.74. The van der Waals surface area contributed by atoms with E-state index in [9.17, 15) is 9.18 Å². The molecule has 2 rings (SSSR count). The summed E-state index contributed by atoms with van der Waals surface area (Å²) < 4.78 is 18.5. The highest BCUT2D eigenvalue weighted by Crippen LogP contribution is 2.30. The van der Waals surface area contributed by atoms with Gasteiger partial charge in [0.05, 0.1) is 19.3 Å². The number of urea groups is 1. The third kappa shape index (κ3) is 4.96. The van der Waals surface area contributed by atoms with E-state index in [0.29, 0.717) is 26.2 Å². The van der Waals surface area contributed by atoms with Crippen molar-refractivity contribution in [3.05, 3.63) is 35.1 Å². The normalized spacial score (nSPS) is 16.9. The second-order valence-electron chi connectivity index (χ2n) is 5.38. The molecule has 0 bridgehead atoms. The fourth-order valence-electron chi connectivity index (χ4n) is 2.67. The van der Waals surface area contributed by atoms with Crippen LogP contribution in [-0.2, 0) is 11.2 Å². The van der Waals surface area contributed by atoms with Gasteiger partial charge in [0.1, 0.15) is 5.82 Å². The zero-order valence-corrected chi connectivity index (χ0v) is 12.6. The molecular formula is C16H23FN2O3. The Hall–Kier alpha value is -1.66. The molecular weight excluding hydrogens is 287 g/mol. The van der Waals surface area contributed by atoms with Gasteiger partial charge in [0, 0.05) is 13.2 Å². The quantitative estimate of drug-likeness (QED) is 0.674. The summed E-state index contributed by atoms with van der Waals surface area (Å²) in [6.07, 6.45) is 3.42. The summed E-state index contributed by atoms with van der Waals surface area (Å²) in [5.41, 5.74) is 1.99. The van der Waals surface area contributed by atoms with Crippen molar-refractivity contribution in [3.8, 4) is 0 Å². The van der Waals surface area contributed by atoms with Crippen LogP contribution in [0.1, 0.15) is 36.4 Å². The van der Waals surface area contributed by atoms with Crippen molar-refractivity contribution in [2.24, 2.45) is 0 Å². The van der Waals surface area contributed by atoms with Crippen LogP contribution in [-0.4, -0.2) is 37.5 Å². The fraction of sp³-hybridized carbons (Fsp3) is 0.562. The lowest BCUT2D eigenvalue weighted by Crippen LogP contribution is -2.39. The van der Waals surface area contributed by atoms with Gasteiger partial charge in [-0.2, -0.15) is 0 Å². The van der Waals surface area contributed by atoms with Gasteiger partial charge >= 0.3 is 6.03 Å². The number of aliphatic hydroxyl groups excluding tert-OH is 1. The van der Waals surface area contributed by atoms with E-state index in [1.807, 2.05) is 0 Å². The van der Waals surface area contributed by atoms with Crippen molar-refractivity contribution in [1.29, 1.82) is 0 Å². The van der Waals surface area contributed by atoms with Crippen molar-refractivity contribution >= 4 is 6.03 Å². The molecule has 0 saturated heterocycles. The molecule has 1 unspecified atom stereocenters. The Kier molecular flexibility index (Phi) is 6.61. The molecule has 1 aliphatic carbocycles. The monoisotopic (exact) mass is 310 g/mol. The number of rotatable bonds is 7. The first-order valence-corrected chi connectivity index (χ1v) is 7.72. The number of aryl methyl sites for hydroxylation is 1. The Bertz CT molecular complexity index is 496. The van der Waals surface area contributed by atoms with E-state index in [0.717, 1.165) is 30.4 Å². The maximum absolute atomic E-state index is 13.4. The molecule has 0 radical (unpaired) electrons. The molecule has 1 aliphatic rings. The van der Waals surface area contributed by atoms with Crippen LogP contribution in [0.4, 0.5) is 9.18 Å². The van der Waals surface area contributed by atoms with Crippen LogP contribution in [0, 0.1) is 5.82 Å². The third-order valence-electron chi connectivity index (χ3n) is 3.71. The maximum atomic E-state index is 13.4. The number of ether oxygens (including phenoxy) is 1. The molecule has 0 aromatic heterocycles. The molecule has 2 amide bonds. The topological polar surface area (TPSA) is 70.6 Å². The molecule has 1 aromatic carbocycles. The smallest absolute Gasteiger partial charge is 0.315 e. The Morgan fingerprint density at radius 2 is 2.27 bits per heavy atom. The Balaban J connectivity index is 1.77. The number of nitrogens with one attached hydrogen (secondary N) is 2. The largest absolute Gasteiger partial charge is 0.394 e. The lowest BCUT2D eigenvalue weighted by molar-refractivity contribution is 0.0909. The van der Waals surface area contributed by atoms with Gasteiger partial charge < -0.3 is 20.5 Å². The van der Waals surface area contributed by atoms with Gasteiger partial charge in [-0.1, -0.05) is 6.07 Å². The van der Waals surface area contributed by atoms with Crippen molar-refractivity contribution in [3.63, 3.8) is 0 Å². The summed E-state index contributed by atoms with van der Waals surface area (Å²) in [5.74, 6) is -0.270. The molecule has 5 nitrogen and oxygen atoms in total. The number of hydrogen-bond acceptors (Lipinski definition) is 3. The highest BCUT2D eigenvalue weighted by Gasteiger charge is 2.22. The number of amides is 2. The Morgan fingerprint density at radius 1 is 1.41 bits per heavy atom. The first-order valence-electron chi connectivity index (χ1n) is 7.72. The van der Waals surface area contributed by atoms with Crippen molar-refractivity contribution in [2.75, 3.05) is 26.4 Å². The number of carbonyl (C=O) groups is 1. The van der Waals surface area contributed by atoms with Crippen molar-refractivity contribution < 1.29 is 19.0 Å². The van der Waals surface area contributed by atoms with E-state index in [4.69, 9.17) is 9.84 Å². The molecule has 6 heteroatoms. The standard InChI is InChI=1S/C16H23FN2O3/c17-13-6-5-12-3-1-4-15(14(12)11-13)19-16(21)18-7-2-9-22-10-8-20/h5-6,11,15,20H,1-4,7-10H2,(H2,18,19,21). The average molecular weight is 310 g/mol. The lowest BCUT2D eigenvalue weighted by Gasteiger charge is -2.26. The molecule has 22 heavy (non-hydrogen) atoms. The summed E-state index contributed by atoms with van der Waals surface area (Å²) in [7, 11) is 0. The minimum atomic E-state index is -0.270. The Morgan fingerprint density at radius 3 is 3.09 bits per heavy atom. The summed E-state index contributed by atoms with van der Waals surface area (Å²) in [6, 6.07) is 4.40. The predicted molar refractivity (Wildman–Crippen MR) is 81.1 cm³/mol. The zero-order valence-electron chi connectivity index (χ0n) is 12.6. The maximum Gasteiger partial charge on any atom is 0.315 e. The molecule has 122 valence electrons. The van der Waals surface area contributed by atoms with Gasteiger partial charge in [0.15, 0.2) is 0 Å². The van der Waals surface area contributed by atoms with Crippen LogP contribution >= 0.6 is 0 Å². The molecule has 0 fully saturated rings. The van der Waals surface area contributed by atoms with Gasteiger partial charge in [-0.05, 0) is 48.9 Å². The van der Waals surface area contributed by atoms with Crippen LogP contribution in [0.15, 0.2) is 18.2 Å². The van der Waals surface area contributed by atoms with Gasteiger partial charge in [0.25, 0.3) is 0 Å². The van der Waals surface area contributed by atoms with Crippen LogP contribution < -0.4 is 10.6 Å². The van der Waals surface area contributed by atoms with E-state index in [1.165, 1.54) is 12.1 Å². The SMILES string of the molecule is O=C(NCCCOCCO)NC1CCCc2ccc(F)cc21. The lowest BCUT2D eigenvalue weighted by atomic mass is 9.87.